The molecule has 0 saturated carbocycles. The molecule has 0 radical (unpaired) electrons. The normalized spacial score (nSPS) is 12.8. The van der Waals surface area contributed by atoms with Gasteiger partial charge in [-0.25, -0.2) is 0 Å². The molecule has 1 aromatic carbocycles. The first-order chi connectivity index (χ1) is 8.69. The van der Waals surface area contributed by atoms with Crippen molar-refractivity contribution in [2.24, 2.45) is 0 Å². The molecule has 1 nitrogen and oxygen atoms in total. The Kier molecular flexibility index (Phi) is 6.42. The lowest BCUT2D eigenvalue weighted by atomic mass is 9.92. The summed E-state index contributed by atoms with van der Waals surface area (Å²) in [7, 11) is 0. The van der Waals surface area contributed by atoms with Gasteiger partial charge in [0.1, 0.15) is 0 Å². The molecule has 0 N–H and O–H groups in total. The summed E-state index contributed by atoms with van der Waals surface area (Å²) in [6.45, 7) is 6.02. The quantitative estimate of drug-likeness (QED) is 0.480. The number of Topliss-reactive ketones (excluding diaryl/α,β-unsaturated/α-hetero) is 1. The highest BCUT2D eigenvalue weighted by atomic mass is 16.1. The zero-order valence-electron chi connectivity index (χ0n) is 11.8. The van der Waals surface area contributed by atoms with E-state index in [9.17, 15) is 4.79 Å². The molecular formula is C17H24O. The lowest BCUT2D eigenvalue weighted by molar-refractivity contribution is 0.101. The van der Waals surface area contributed by atoms with Gasteiger partial charge in [0.2, 0.25) is 0 Å². The van der Waals surface area contributed by atoms with Gasteiger partial charge in [0.25, 0.3) is 0 Å². The second-order valence-corrected chi connectivity index (χ2v) is 4.79. The van der Waals surface area contributed by atoms with Crippen molar-refractivity contribution in [1.82, 2.24) is 0 Å². The molecule has 0 aliphatic rings. The first-order valence-corrected chi connectivity index (χ1v) is 6.96. The van der Waals surface area contributed by atoms with Crippen LogP contribution in [0.3, 0.4) is 0 Å². The van der Waals surface area contributed by atoms with Crippen LogP contribution in [0.4, 0.5) is 0 Å². The van der Waals surface area contributed by atoms with Crippen molar-refractivity contribution in [2.75, 3.05) is 0 Å². The maximum atomic E-state index is 11.2. The summed E-state index contributed by atoms with van der Waals surface area (Å²) in [5.74, 6) is 0.623. The molecule has 1 unspecified atom stereocenters. The van der Waals surface area contributed by atoms with Gasteiger partial charge in [0.15, 0.2) is 5.78 Å². The van der Waals surface area contributed by atoms with Crippen molar-refractivity contribution in [2.45, 2.75) is 52.4 Å². The average Bonchev–Trinajstić information content (AvgIpc) is 2.38. The minimum absolute atomic E-state index is 0.134. The molecule has 18 heavy (non-hydrogen) atoms. The Hall–Kier alpha value is -1.37. The molecule has 0 saturated heterocycles. The lowest BCUT2D eigenvalue weighted by Gasteiger charge is -2.12. The Morgan fingerprint density at radius 1 is 1.17 bits per heavy atom. The molecule has 98 valence electrons. The third-order valence-corrected chi connectivity index (χ3v) is 3.17. The van der Waals surface area contributed by atoms with Crippen LogP contribution in [0.15, 0.2) is 36.4 Å². The Labute approximate surface area is 111 Å². The molecular weight excluding hydrogens is 220 g/mol. The van der Waals surface area contributed by atoms with E-state index in [4.69, 9.17) is 0 Å². The van der Waals surface area contributed by atoms with Crippen LogP contribution >= 0.6 is 0 Å². The highest BCUT2D eigenvalue weighted by molar-refractivity contribution is 5.94. The van der Waals surface area contributed by atoms with Crippen LogP contribution in [0.25, 0.3) is 0 Å². The van der Waals surface area contributed by atoms with Crippen molar-refractivity contribution < 1.29 is 4.79 Å². The van der Waals surface area contributed by atoms with Crippen LogP contribution in [0.5, 0.6) is 0 Å². The fourth-order valence-electron chi connectivity index (χ4n) is 2.08. The highest BCUT2D eigenvalue weighted by Gasteiger charge is 2.07. The maximum Gasteiger partial charge on any atom is 0.159 e. The molecule has 0 aliphatic carbocycles. The topological polar surface area (TPSA) is 17.1 Å². The number of carbonyl (C=O) groups excluding carboxylic acids is 1. The van der Waals surface area contributed by atoms with Crippen LogP contribution < -0.4 is 0 Å². The largest absolute Gasteiger partial charge is 0.295 e. The van der Waals surface area contributed by atoms with E-state index in [1.165, 1.54) is 24.8 Å². The number of carbonyl (C=O) groups is 1. The summed E-state index contributed by atoms with van der Waals surface area (Å²) in [6.07, 6.45) is 9.27. The minimum Gasteiger partial charge on any atom is -0.295 e. The van der Waals surface area contributed by atoms with E-state index in [1.807, 2.05) is 12.1 Å². The van der Waals surface area contributed by atoms with Crippen molar-refractivity contribution >= 4 is 5.78 Å². The summed E-state index contributed by atoms with van der Waals surface area (Å²) in [5.41, 5.74) is 2.11. The predicted octanol–water partition coefficient (Wildman–Crippen LogP) is 5.13. The molecule has 0 heterocycles. The molecule has 1 rings (SSSR count). The molecule has 0 aromatic heterocycles. The zero-order valence-corrected chi connectivity index (χ0v) is 11.8. The molecule has 1 atom stereocenters. The van der Waals surface area contributed by atoms with Crippen molar-refractivity contribution in [3.05, 3.63) is 47.5 Å². The predicted molar refractivity (Wildman–Crippen MR) is 78.1 cm³/mol. The molecule has 1 aromatic rings. The SMILES string of the molecule is CCC/C=C/C(CCC)c1ccc(C(C)=O)cc1. The van der Waals surface area contributed by atoms with Gasteiger partial charge in [-0.15, -0.1) is 0 Å². The first-order valence-electron chi connectivity index (χ1n) is 6.96. The van der Waals surface area contributed by atoms with Crippen LogP contribution in [0, 0.1) is 0 Å². The first kappa shape index (κ1) is 14.7. The lowest BCUT2D eigenvalue weighted by Crippen LogP contribution is -1.97. The van der Waals surface area contributed by atoms with E-state index in [0.717, 1.165) is 12.0 Å². The third-order valence-electron chi connectivity index (χ3n) is 3.17. The van der Waals surface area contributed by atoms with Gasteiger partial charge < -0.3 is 0 Å². The highest BCUT2D eigenvalue weighted by Crippen LogP contribution is 2.23. The van der Waals surface area contributed by atoms with Crippen LogP contribution in [-0.2, 0) is 0 Å². The van der Waals surface area contributed by atoms with Gasteiger partial charge in [-0.2, -0.15) is 0 Å². The number of ketones is 1. The summed E-state index contributed by atoms with van der Waals surface area (Å²) in [6, 6.07) is 8.06. The van der Waals surface area contributed by atoms with E-state index < -0.39 is 0 Å². The Balaban J connectivity index is 2.81. The minimum atomic E-state index is 0.134. The molecule has 0 bridgehead atoms. The van der Waals surface area contributed by atoms with Gasteiger partial charge in [-0.1, -0.05) is 63.1 Å². The molecule has 1 heteroatoms. The second-order valence-electron chi connectivity index (χ2n) is 4.79. The van der Waals surface area contributed by atoms with Gasteiger partial charge in [-0.05, 0) is 25.3 Å². The summed E-state index contributed by atoms with van der Waals surface area (Å²) >= 11 is 0. The number of unbranched alkanes of at least 4 members (excludes halogenated alkanes) is 1. The molecule has 0 spiro atoms. The zero-order chi connectivity index (χ0) is 13.4. The number of benzene rings is 1. The van der Waals surface area contributed by atoms with E-state index in [2.05, 4.69) is 38.1 Å². The Bertz CT molecular complexity index is 387. The van der Waals surface area contributed by atoms with E-state index >= 15 is 0 Å². The van der Waals surface area contributed by atoms with Gasteiger partial charge >= 0.3 is 0 Å². The van der Waals surface area contributed by atoms with Gasteiger partial charge in [0.05, 0.1) is 0 Å². The molecule has 0 fully saturated rings. The van der Waals surface area contributed by atoms with Crippen LogP contribution in [0.1, 0.15) is 68.3 Å². The number of hydrogen-bond donors (Lipinski definition) is 0. The van der Waals surface area contributed by atoms with Crippen molar-refractivity contribution in [1.29, 1.82) is 0 Å². The van der Waals surface area contributed by atoms with E-state index in [1.54, 1.807) is 6.92 Å². The number of allylic oxidation sites excluding steroid dienone is 2. The summed E-state index contributed by atoms with van der Waals surface area (Å²) in [5, 5.41) is 0. The molecule has 0 amide bonds. The average molecular weight is 244 g/mol. The number of rotatable bonds is 7. The Morgan fingerprint density at radius 3 is 2.33 bits per heavy atom. The van der Waals surface area contributed by atoms with Gasteiger partial charge in [-0.3, -0.25) is 4.79 Å². The standard InChI is InChI=1S/C17H24O/c1-4-6-7-9-16(8-5-2)17-12-10-15(11-13-17)14(3)18/h7,9-13,16H,4-6,8H2,1-3H3/b9-7+. The maximum absolute atomic E-state index is 11.2. The van der Waals surface area contributed by atoms with E-state index in [0.29, 0.717) is 5.92 Å². The second kappa shape index (κ2) is 7.86. The number of hydrogen-bond acceptors (Lipinski definition) is 1. The van der Waals surface area contributed by atoms with Crippen molar-refractivity contribution in [3.63, 3.8) is 0 Å². The third kappa shape index (κ3) is 4.48. The summed E-state index contributed by atoms with van der Waals surface area (Å²) in [4.78, 5) is 11.2. The fourth-order valence-corrected chi connectivity index (χ4v) is 2.08. The van der Waals surface area contributed by atoms with E-state index in [-0.39, 0.29) is 5.78 Å². The molecule has 0 aliphatic heterocycles. The van der Waals surface area contributed by atoms with Crippen LogP contribution in [-0.4, -0.2) is 5.78 Å². The smallest absolute Gasteiger partial charge is 0.159 e. The summed E-state index contributed by atoms with van der Waals surface area (Å²) < 4.78 is 0. The van der Waals surface area contributed by atoms with Crippen LogP contribution in [0.2, 0.25) is 0 Å². The fraction of sp³-hybridized carbons (Fsp3) is 0.471. The monoisotopic (exact) mass is 244 g/mol. The Morgan fingerprint density at radius 2 is 1.83 bits per heavy atom. The van der Waals surface area contributed by atoms with Gasteiger partial charge in [0, 0.05) is 11.5 Å². The van der Waals surface area contributed by atoms with Crippen molar-refractivity contribution in [3.8, 4) is 0 Å².